The van der Waals surface area contributed by atoms with Crippen molar-refractivity contribution in [2.75, 3.05) is 18.2 Å². The Morgan fingerprint density at radius 1 is 1.35 bits per heavy atom. The van der Waals surface area contributed by atoms with Crippen molar-refractivity contribution in [3.8, 4) is 5.75 Å². The largest absolute Gasteiger partial charge is 0.490 e. The zero-order valence-electron chi connectivity index (χ0n) is 9.14. The summed E-state index contributed by atoms with van der Waals surface area (Å²) in [7, 11) is 1.46. The smallest absolute Gasteiger partial charge is 0.204 e. The van der Waals surface area contributed by atoms with Crippen molar-refractivity contribution >= 4 is 17.3 Å². The molecule has 0 atom stereocenters. The van der Waals surface area contributed by atoms with Crippen molar-refractivity contribution < 1.29 is 9.13 Å². The Kier molecular flexibility index (Phi) is 3.04. The number of methoxy groups -OCH3 is 1. The van der Waals surface area contributed by atoms with Crippen molar-refractivity contribution in [1.29, 1.82) is 0 Å². The fraction of sp³-hybridized carbons (Fsp3) is 0.0909. The molecule has 0 saturated carbocycles. The van der Waals surface area contributed by atoms with E-state index in [0.717, 1.165) is 0 Å². The van der Waals surface area contributed by atoms with Gasteiger partial charge in [0.15, 0.2) is 11.6 Å². The Labute approximate surface area is 97.5 Å². The normalized spacial score (nSPS) is 10.0. The zero-order valence-corrected chi connectivity index (χ0v) is 9.14. The van der Waals surface area contributed by atoms with Gasteiger partial charge < -0.3 is 15.8 Å². The zero-order chi connectivity index (χ0) is 12.3. The van der Waals surface area contributed by atoms with E-state index in [9.17, 15) is 4.39 Å². The number of benzene rings is 1. The van der Waals surface area contributed by atoms with Gasteiger partial charge in [-0.1, -0.05) is 6.07 Å². The van der Waals surface area contributed by atoms with Crippen LogP contribution in [0.25, 0.3) is 0 Å². The van der Waals surface area contributed by atoms with E-state index in [0.29, 0.717) is 17.3 Å². The molecule has 17 heavy (non-hydrogen) atoms. The number of nitrogens with zero attached hydrogens (tertiary/aromatic N) is 2. The predicted octanol–water partition coefficient (Wildman–Crippen LogP) is 1.95. The number of hydrogen-bond acceptors (Lipinski definition) is 5. The third-order valence-electron chi connectivity index (χ3n) is 2.12. The average molecular weight is 234 g/mol. The van der Waals surface area contributed by atoms with E-state index in [1.807, 2.05) is 0 Å². The minimum Gasteiger partial charge on any atom is -0.490 e. The molecule has 0 amide bonds. The maximum absolute atomic E-state index is 13.0. The minimum absolute atomic E-state index is 0.224. The van der Waals surface area contributed by atoms with Gasteiger partial charge in [-0.05, 0) is 18.2 Å². The Bertz CT molecular complexity index is 533. The van der Waals surface area contributed by atoms with E-state index < -0.39 is 0 Å². The molecule has 0 unspecified atom stereocenters. The molecule has 1 aromatic heterocycles. The highest BCUT2D eigenvalue weighted by Crippen LogP contribution is 2.29. The number of ether oxygens (including phenoxy) is 1. The molecule has 0 saturated heterocycles. The second kappa shape index (κ2) is 4.65. The predicted molar refractivity (Wildman–Crippen MR) is 62.7 cm³/mol. The van der Waals surface area contributed by atoms with E-state index >= 15 is 0 Å². The molecule has 1 heterocycles. The first-order valence-corrected chi connectivity index (χ1v) is 4.88. The lowest BCUT2D eigenvalue weighted by atomic mass is 10.3. The monoisotopic (exact) mass is 234 g/mol. The summed E-state index contributed by atoms with van der Waals surface area (Å²) in [6, 6.07) is 6.00. The van der Waals surface area contributed by atoms with Crippen LogP contribution in [0.3, 0.4) is 0 Å². The molecule has 88 valence electrons. The van der Waals surface area contributed by atoms with Gasteiger partial charge in [-0.2, -0.15) is 0 Å². The van der Waals surface area contributed by atoms with Gasteiger partial charge in [0.05, 0.1) is 7.11 Å². The molecule has 1 aromatic carbocycles. The fourth-order valence-corrected chi connectivity index (χ4v) is 1.38. The van der Waals surface area contributed by atoms with Crippen molar-refractivity contribution in [3.63, 3.8) is 0 Å². The minimum atomic E-state index is -0.337. The second-order valence-electron chi connectivity index (χ2n) is 3.28. The summed E-state index contributed by atoms with van der Waals surface area (Å²) >= 11 is 0. The number of nitrogens with one attached hydrogen (secondary N) is 1. The van der Waals surface area contributed by atoms with E-state index in [4.69, 9.17) is 10.5 Å². The van der Waals surface area contributed by atoms with Crippen LogP contribution >= 0.6 is 0 Å². The highest BCUT2D eigenvalue weighted by Gasteiger charge is 2.09. The van der Waals surface area contributed by atoms with Gasteiger partial charge >= 0.3 is 0 Å². The number of anilines is 3. The number of rotatable bonds is 3. The maximum atomic E-state index is 13.0. The third kappa shape index (κ3) is 2.41. The maximum Gasteiger partial charge on any atom is 0.204 e. The Morgan fingerprint density at radius 3 is 2.88 bits per heavy atom. The molecule has 0 bridgehead atoms. The number of aromatic nitrogens is 2. The van der Waals surface area contributed by atoms with Crippen LogP contribution in [0.15, 0.2) is 30.6 Å². The van der Waals surface area contributed by atoms with E-state index in [2.05, 4.69) is 15.3 Å². The SMILES string of the molecule is COc1c(N)ncnc1Nc1cccc(F)c1. The van der Waals surface area contributed by atoms with Crippen molar-refractivity contribution in [3.05, 3.63) is 36.4 Å². The molecule has 0 aliphatic rings. The first-order chi connectivity index (χ1) is 8.20. The lowest BCUT2D eigenvalue weighted by Gasteiger charge is -2.10. The van der Waals surface area contributed by atoms with Crippen LogP contribution < -0.4 is 15.8 Å². The molecule has 0 aliphatic carbocycles. The third-order valence-corrected chi connectivity index (χ3v) is 2.12. The number of nitrogen functional groups attached to an aromatic ring is 1. The molecule has 2 aromatic rings. The van der Waals surface area contributed by atoms with E-state index in [-0.39, 0.29) is 11.6 Å². The molecule has 0 radical (unpaired) electrons. The first-order valence-electron chi connectivity index (χ1n) is 4.88. The Morgan fingerprint density at radius 2 is 2.18 bits per heavy atom. The molecule has 0 aliphatic heterocycles. The average Bonchev–Trinajstić information content (AvgIpc) is 2.29. The fourth-order valence-electron chi connectivity index (χ4n) is 1.38. The van der Waals surface area contributed by atoms with Crippen LogP contribution in [0, 0.1) is 5.82 Å². The van der Waals surface area contributed by atoms with Crippen LogP contribution in [0.4, 0.5) is 21.7 Å². The molecular weight excluding hydrogens is 223 g/mol. The molecule has 5 nitrogen and oxygen atoms in total. The standard InChI is InChI=1S/C11H11FN4O/c1-17-9-10(13)14-6-15-11(9)16-8-4-2-3-7(12)5-8/h2-6H,1H3,(H3,13,14,15,16). The Hall–Kier alpha value is -2.37. The molecule has 0 fully saturated rings. The van der Waals surface area contributed by atoms with Crippen LogP contribution in [-0.4, -0.2) is 17.1 Å². The molecule has 0 spiro atoms. The highest BCUT2D eigenvalue weighted by molar-refractivity contribution is 5.67. The number of nitrogens with two attached hydrogens (primary N) is 1. The van der Waals surface area contributed by atoms with Gasteiger partial charge in [0.2, 0.25) is 5.75 Å². The van der Waals surface area contributed by atoms with Gasteiger partial charge in [-0.25, -0.2) is 14.4 Å². The van der Waals surface area contributed by atoms with Gasteiger partial charge in [0.1, 0.15) is 12.1 Å². The Balaban J connectivity index is 2.33. The topological polar surface area (TPSA) is 73.1 Å². The summed E-state index contributed by atoms with van der Waals surface area (Å²) in [5.41, 5.74) is 6.18. The van der Waals surface area contributed by atoms with Crippen LogP contribution in [0.1, 0.15) is 0 Å². The first kappa shape index (κ1) is 11.1. The molecule has 3 N–H and O–H groups in total. The summed E-state index contributed by atoms with van der Waals surface area (Å²) < 4.78 is 18.1. The second-order valence-corrected chi connectivity index (χ2v) is 3.28. The highest BCUT2D eigenvalue weighted by atomic mass is 19.1. The van der Waals surface area contributed by atoms with Crippen LogP contribution in [0.2, 0.25) is 0 Å². The van der Waals surface area contributed by atoms with Gasteiger partial charge in [0.25, 0.3) is 0 Å². The summed E-state index contributed by atoms with van der Waals surface area (Å²) in [6.45, 7) is 0. The van der Waals surface area contributed by atoms with Gasteiger partial charge in [0, 0.05) is 5.69 Å². The summed E-state index contributed by atoms with van der Waals surface area (Å²) in [5, 5.41) is 2.91. The summed E-state index contributed by atoms with van der Waals surface area (Å²) in [6.07, 6.45) is 1.31. The quantitative estimate of drug-likeness (QED) is 0.849. The lowest BCUT2D eigenvalue weighted by molar-refractivity contribution is 0.415. The van der Waals surface area contributed by atoms with Crippen LogP contribution in [0.5, 0.6) is 5.75 Å². The van der Waals surface area contributed by atoms with Gasteiger partial charge in [-0.15, -0.1) is 0 Å². The molecule has 6 heteroatoms. The summed E-state index contributed by atoms with van der Waals surface area (Å²) in [5.74, 6) is 0.611. The van der Waals surface area contributed by atoms with Gasteiger partial charge in [-0.3, -0.25) is 0 Å². The lowest BCUT2D eigenvalue weighted by Crippen LogP contribution is -2.02. The molecular formula is C11H11FN4O. The summed E-state index contributed by atoms with van der Waals surface area (Å²) in [4.78, 5) is 7.78. The van der Waals surface area contributed by atoms with Crippen LogP contribution in [-0.2, 0) is 0 Å². The number of halogens is 1. The van der Waals surface area contributed by atoms with E-state index in [1.165, 1.54) is 25.6 Å². The van der Waals surface area contributed by atoms with Crippen molar-refractivity contribution in [2.45, 2.75) is 0 Å². The van der Waals surface area contributed by atoms with Crippen molar-refractivity contribution in [1.82, 2.24) is 9.97 Å². The van der Waals surface area contributed by atoms with E-state index in [1.54, 1.807) is 12.1 Å². The van der Waals surface area contributed by atoms with Crippen molar-refractivity contribution in [2.24, 2.45) is 0 Å². The number of hydrogen-bond donors (Lipinski definition) is 2. The molecule has 2 rings (SSSR count).